The molecule has 0 saturated carbocycles. The van der Waals surface area contributed by atoms with Gasteiger partial charge in [-0.2, -0.15) is 5.10 Å². The highest BCUT2D eigenvalue weighted by atomic mass is 35.5. The zero-order chi connectivity index (χ0) is 14.3. The highest BCUT2D eigenvalue weighted by Gasteiger charge is 2.17. The Morgan fingerprint density at radius 3 is 2.85 bits per heavy atom. The van der Waals surface area contributed by atoms with Crippen molar-refractivity contribution in [2.75, 3.05) is 0 Å². The number of aromatic nitrogens is 3. The zero-order valence-electron chi connectivity index (χ0n) is 10.7. The van der Waals surface area contributed by atoms with Crippen molar-refractivity contribution in [2.45, 2.75) is 13.5 Å². The summed E-state index contributed by atoms with van der Waals surface area (Å²) in [6, 6.07) is 7.03. The highest BCUT2D eigenvalue weighted by Crippen LogP contribution is 2.31. The van der Waals surface area contributed by atoms with Gasteiger partial charge in [0.2, 0.25) is 5.43 Å². The molecule has 2 aromatic heterocycles. The highest BCUT2D eigenvalue weighted by molar-refractivity contribution is 6.33. The Balaban J connectivity index is 2.40. The third-order valence-electron chi connectivity index (χ3n) is 3.22. The van der Waals surface area contributed by atoms with E-state index in [9.17, 15) is 9.90 Å². The number of nitrogens with one attached hydrogen (secondary N) is 1. The number of rotatable bonds is 2. The monoisotopic (exact) mass is 289 g/mol. The van der Waals surface area contributed by atoms with E-state index in [0.717, 1.165) is 0 Å². The first-order chi connectivity index (χ1) is 9.63. The molecule has 0 aliphatic carbocycles. The standard InChI is InChI=1S/C14H12ClN3O2/c1-2-18-14-9(7-16-18)12(19)13(20)11(17-14)8-5-3-4-6-10(8)15/h3-7,20H,2H2,1H3,(H,17,19). The van der Waals surface area contributed by atoms with Crippen molar-refractivity contribution >= 4 is 22.6 Å². The Labute approximate surface area is 119 Å². The average Bonchev–Trinajstić information content (AvgIpc) is 2.86. The molecule has 2 N–H and O–H groups in total. The average molecular weight is 290 g/mol. The van der Waals surface area contributed by atoms with Crippen LogP contribution in [0.15, 0.2) is 35.3 Å². The molecular formula is C14H12ClN3O2. The molecule has 0 saturated heterocycles. The molecule has 0 radical (unpaired) electrons. The maximum absolute atomic E-state index is 12.2. The molecule has 0 amide bonds. The number of aromatic hydroxyl groups is 1. The van der Waals surface area contributed by atoms with Crippen molar-refractivity contribution in [3.05, 3.63) is 45.7 Å². The van der Waals surface area contributed by atoms with E-state index in [2.05, 4.69) is 10.1 Å². The lowest BCUT2D eigenvalue weighted by molar-refractivity contribution is 0.471. The first-order valence-corrected chi connectivity index (χ1v) is 6.57. The predicted octanol–water partition coefficient (Wildman–Crippen LogP) is 2.77. The number of aryl methyl sites for hydroxylation is 1. The van der Waals surface area contributed by atoms with Crippen molar-refractivity contribution in [1.82, 2.24) is 14.8 Å². The van der Waals surface area contributed by atoms with Gasteiger partial charge in [0.05, 0.1) is 22.3 Å². The lowest BCUT2D eigenvalue weighted by Gasteiger charge is -2.08. The summed E-state index contributed by atoms with van der Waals surface area (Å²) in [6.45, 7) is 2.54. The predicted molar refractivity (Wildman–Crippen MR) is 78.1 cm³/mol. The quantitative estimate of drug-likeness (QED) is 0.762. The fourth-order valence-electron chi connectivity index (χ4n) is 2.20. The summed E-state index contributed by atoms with van der Waals surface area (Å²) in [7, 11) is 0. The molecule has 3 aromatic rings. The second kappa shape index (κ2) is 4.68. The van der Waals surface area contributed by atoms with Crippen LogP contribution in [0, 0.1) is 0 Å². The van der Waals surface area contributed by atoms with Gasteiger partial charge in [0.15, 0.2) is 5.75 Å². The summed E-state index contributed by atoms with van der Waals surface area (Å²) in [4.78, 5) is 15.3. The third kappa shape index (κ3) is 1.78. The van der Waals surface area contributed by atoms with Crippen LogP contribution in [0.2, 0.25) is 5.02 Å². The fourth-order valence-corrected chi connectivity index (χ4v) is 2.43. The number of benzene rings is 1. The topological polar surface area (TPSA) is 70.9 Å². The minimum Gasteiger partial charge on any atom is -0.503 e. The Bertz CT molecular complexity index is 851. The number of halogens is 1. The van der Waals surface area contributed by atoms with Crippen molar-refractivity contribution in [3.8, 4) is 17.0 Å². The molecule has 0 unspecified atom stereocenters. The van der Waals surface area contributed by atoms with Gasteiger partial charge >= 0.3 is 0 Å². The Morgan fingerprint density at radius 2 is 2.15 bits per heavy atom. The van der Waals surface area contributed by atoms with Crippen LogP contribution in [0.1, 0.15) is 6.92 Å². The van der Waals surface area contributed by atoms with E-state index < -0.39 is 5.43 Å². The van der Waals surface area contributed by atoms with Crippen LogP contribution in [-0.4, -0.2) is 19.9 Å². The number of hydrogen-bond donors (Lipinski definition) is 2. The molecule has 2 heterocycles. The minimum atomic E-state index is -0.451. The van der Waals surface area contributed by atoms with Crippen LogP contribution in [0.3, 0.4) is 0 Å². The van der Waals surface area contributed by atoms with Gasteiger partial charge in [0.1, 0.15) is 5.65 Å². The molecule has 0 fully saturated rings. The molecule has 1 aromatic carbocycles. The van der Waals surface area contributed by atoms with Crippen molar-refractivity contribution < 1.29 is 5.11 Å². The Hall–Kier alpha value is -2.27. The molecule has 102 valence electrons. The number of H-pyrrole nitrogens is 1. The van der Waals surface area contributed by atoms with Gasteiger partial charge in [-0.25, -0.2) is 4.68 Å². The van der Waals surface area contributed by atoms with Gasteiger partial charge in [0.25, 0.3) is 0 Å². The Kier molecular flexibility index (Phi) is 2.99. The van der Waals surface area contributed by atoms with Gasteiger partial charge in [-0.3, -0.25) is 4.79 Å². The van der Waals surface area contributed by atoms with E-state index in [1.165, 1.54) is 6.20 Å². The number of fused-ring (bicyclic) bond motifs is 1. The molecule has 20 heavy (non-hydrogen) atoms. The molecule has 6 heteroatoms. The normalized spacial score (nSPS) is 11.1. The fraction of sp³-hybridized carbons (Fsp3) is 0.143. The smallest absolute Gasteiger partial charge is 0.234 e. The van der Waals surface area contributed by atoms with Gasteiger partial charge in [0, 0.05) is 12.1 Å². The van der Waals surface area contributed by atoms with Crippen LogP contribution >= 0.6 is 11.6 Å². The van der Waals surface area contributed by atoms with Crippen molar-refractivity contribution in [1.29, 1.82) is 0 Å². The van der Waals surface area contributed by atoms with Crippen molar-refractivity contribution in [3.63, 3.8) is 0 Å². The summed E-state index contributed by atoms with van der Waals surface area (Å²) in [5, 5.41) is 15.1. The number of aromatic amines is 1. The van der Waals surface area contributed by atoms with E-state index in [-0.39, 0.29) is 5.75 Å². The SMILES string of the molecule is CCn1ncc2c(=O)c(O)c(-c3ccccc3Cl)[nH]c21. The first-order valence-electron chi connectivity index (χ1n) is 6.19. The molecular weight excluding hydrogens is 278 g/mol. The number of pyridine rings is 1. The van der Waals surface area contributed by atoms with Gasteiger partial charge < -0.3 is 10.1 Å². The van der Waals surface area contributed by atoms with Gasteiger partial charge in [-0.05, 0) is 13.0 Å². The summed E-state index contributed by atoms with van der Waals surface area (Å²) in [5.74, 6) is -0.346. The molecule has 0 aliphatic rings. The second-order valence-corrected chi connectivity index (χ2v) is 4.79. The van der Waals surface area contributed by atoms with E-state index in [4.69, 9.17) is 11.6 Å². The van der Waals surface area contributed by atoms with Crippen LogP contribution < -0.4 is 5.43 Å². The van der Waals surface area contributed by atoms with Crippen LogP contribution in [-0.2, 0) is 6.54 Å². The first kappa shape index (κ1) is 12.7. The van der Waals surface area contributed by atoms with Gasteiger partial charge in [-0.15, -0.1) is 0 Å². The molecule has 5 nitrogen and oxygen atoms in total. The largest absolute Gasteiger partial charge is 0.503 e. The van der Waals surface area contributed by atoms with E-state index in [0.29, 0.717) is 33.9 Å². The van der Waals surface area contributed by atoms with Crippen LogP contribution in [0.5, 0.6) is 5.75 Å². The van der Waals surface area contributed by atoms with E-state index in [1.54, 1.807) is 28.9 Å². The van der Waals surface area contributed by atoms with Crippen molar-refractivity contribution in [2.24, 2.45) is 0 Å². The summed E-state index contributed by atoms with van der Waals surface area (Å²) in [6.07, 6.45) is 1.45. The van der Waals surface area contributed by atoms with E-state index >= 15 is 0 Å². The maximum atomic E-state index is 12.2. The molecule has 0 aliphatic heterocycles. The molecule has 3 rings (SSSR count). The van der Waals surface area contributed by atoms with E-state index in [1.807, 2.05) is 6.92 Å². The van der Waals surface area contributed by atoms with Crippen LogP contribution in [0.4, 0.5) is 0 Å². The maximum Gasteiger partial charge on any atom is 0.234 e. The number of nitrogens with zero attached hydrogens (tertiary/aromatic N) is 2. The van der Waals surface area contributed by atoms with Gasteiger partial charge in [-0.1, -0.05) is 29.8 Å². The molecule has 0 spiro atoms. The summed E-state index contributed by atoms with van der Waals surface area (Å²) < 4.78 is 1.66. The second-order valence-electron chi connectivity index (χ2n) is 4.38. The summed E-state index contributed by atoms with van der Waals surface area (Å²) in [5.41, 5.74) is 1.01. The third-order valence-corrected chi connectivity index (χ3v) is 3.55. The molecule has 0 atom stereocenters. The lowest BCUT2D eigenvalue weighted by atomic mass is 10.1. The Morgan fingerprint density at radius 1 is 1.40 bits per heavy atom. The summed E-state index contributed by atoms with van der Waals surface area (Å²) >= 11 is 6.13. The lowest BCUT2D eigenvalue weighted by Crippen LogP contribution is -2.06. The zero-order valence-corrected chi connectivity index (χ0v) is 11.5. The number of hydrogen-bond acceptors (Lipinski definition) is 3. The molecule has 0 bridgehead atoms. The van der Waals surface area contributed by atoms with Crippen LogP contribution in [0.25, 0.3) is 22.3 Å². The minimum absolute atomic E-state index is 0.309.